The number of aromatic amines is 1. The molecule has 4 atom stereocenters. The number of hydrogen-bond donors (Lipinski definition) is 4. The normalized spacial score (nSPS) is 26.5. The van der Waals surface area contributed by atoms with Gasteiger partial charge in [0.05, 0.1) is 10.5 Å². The van der Waals surface area contributed by atoms with Crippen LogP contribution < -0.4 is 4.43 Å². The standard InChI is InChI=1S/C18H19N2O5/c21-16-14(25-18(23)17(16)22)9-8-10-4-3-7-13-15(10)19-11-5-1-2-6-12(11)20(13)24/h1-7,14,16-18,21-23H,8-9H2,(H,19,24)/q+1. The average Bonchev–Trinajstić information content (AvgIpc) is 2.87. The Morgan fingerprint density at radius 1 is 1.00 bits per heavy atom. The molecule has 1 aliphatic rings. The Morgan fingerprint density at radius 2 is 1.76 bits per heavy atom. The molecule has 0 amide bonds. The van der Waals surface area contributed by atoms with Gasteiger partial charge in [-0.3, -0.25) is 0 Å². The molecule has 1 saturated heterocycles. The zero-order chi connectivity index (χ0) is 17.6. The second-order valence-electron chi connectivity index (χ2n) is 6.33. The van der Waals surface area contributed by atoms with Gasteiger partial charge in [0.2, 0.25) is 0 Å². The van der Waals surface area contributed by atoms with Crippen molar-refractivity contribution in [1.29, 1.82) is 0 Å². The summed E-state index contributed by atoms with van der Waals surface area (Å²) < 4.78 is 6.09. The first-order valence-corrected chi connectivity index (χ1v) is 8.21. The summed E-state index contributed by atoms with van der Waals surface area (Å²) in [5.74, 6) is 0. The zero-order valence-corrected chi connectivity index (χ0v) is 13.4. The number of para-hydroxylation sites is 3. The predicted molar refractivity (Wildman–Crippen MR) is 90.4 cm³/mol. The van der Waals surface area contributed by atoms with E-state index in [9.17, 15) is 20.2 Å². The maximum Gasteiger partial charge on any atom is 0.287 e. The van der Waals surface area contributed by atoms with Crippen LogP contribution in [0.4, 0.5) is 0 Å². The Labute approximate surface area is 142 Å². The lowest BCUT2D eigenvalue weighted by atomic mass is 10.0. The van der Waals surface area contributed by atoms with Crippen molar-refractivity contribution in [3.63, 3.8) is 0 Å². The fraction of sp³-hybridized carbons (Fsp3) is 0.333. The van der Waals surface area contributed by atoms with Gasteiger partial charge in [-0.15, -0.1) is 0 Å². The van der Waals surface area contributed by atoms with Gasteiger partial charge in [0.25, 0.3) is 11.0 Å². The van der Waals surface area contributed by atoms with Crippen molar-refractivity contribution < 1.29 is 24.5 Å². The molecule has 2 aromatic carbocycles. The van der Waals surface area contributed by atoms with Gasteiger partial charge in [0.15, 0.2) is 6.29 Å². The molecule has 0 saturated carbocycles. The van der Waals surface area contributed by atoms with Gasteiger partial charge in [-0.05, 0) is 24.5 Å². The smallest absolute Gasteiger partial charge is 0.287 e. The first-order valence-electron chi connectivity index (χ1n) is 8.21. The summed E-state index contributed by atoms with van der Waals surface area (Å²) in [6.07, 6.45) is -3.51. The first-order chi connectivity index (χ1) is 12.1. The Kier molecular flexibility index (Phi) is 4.01. The minimum Gasteiger partial charge on any atom is -0.387 e. The van der Waals surface area contributed by atoms with Crippen LogP contribution in [0.15, 0.2) is 42.5 Å². The first kappa shape index (κ1) is 16.2. The number of fused-ring (bicyclic) bond motifs is 2. The highest BCUT2D eigenvalue weighted by Gasteiger charge is 2.41. The second kappa shape index (κ2) is 6.20. The van der Waals surface area contributed by atoms with E-state index in [4.69, 9.17) is 4.74 Å². The number of aromatic nitrogens is 2. The number of nitrogens with zero attached hydrogens (tertiary/aromatic N) is 1. The van der Waals surface area contributed by atoms with Crippen molar-refractivity contribution in [3.8, 4) is 0 Å². The molecule has 7 heteroatoms. The summed E-state index contributed by atoms with van der Waals surface area (Å²) in [6, 6.07) is 12.7. The van der Waals surface area contributed by atoms with Crippen LogP contribution in [0.3, 0.4) is 0 Å². The third-order valence-corrected chi connectivity index (χ3v) is 4.77. The largest absolute Gasteiger partial charge is 0.387 e. The molecule has 4 rings (SSSR count). The summed E-state index contributed by atoms with van der Waals surface area (Å²) in [7, 11) is 0. The van der Waals surface area contributed by atoms with Gasteiger partial charge in [-0.2, -0.15) is 0 Å². The molecule has 7 nitrogen and oxygen atoms in total. The summed E-state index contributed by atoms with van der Waals surface area (Å²) in [6.45, 7) is 0. The highest BCUT2D eigenvalue weighted by molar-refractivity contribution is 5.83. The topological polar surface area (TPSA) is 109 Å². The number of aryl methyl sites for hydroxylation is 1. The number of H-pyrrole nitrogens is 1. The molecule has 0 spiro atoms. The van der Waals surface area contributed by atoms with Gasteiger partial charge in [0, 0.05) is 17.0 Å². The number of benzene rings is 2. The van der Waals surface area contributed by atoms with Gasteiger partial charge in [-0.1, -0.05) is 24.3 Å². The van der Waals surface area contributed by atoms with Gasteiger partial charge < -0.3 is 25.0 Å². The molecule has 130 valence electrons. The quantitative estimate of drug-likeness (QED) is 0.411. The summed E-state index contributed by atoms with van der Waals surface area (Å²) in [4.78, 5) is 15.9. The van der Waals surface area contributed by atoms with E-state index in [1.807, 2.05) is 30.3 Å². The molecule has 2 heterocycles. The molecule has 0 radical (unpaired) electrons. The van der Waals surface area contributed by atoms with E-state index in [0.29, 0.717) is 23.9 Å². The number of ether oxygens (including phenoxy) is 1. The maximum absolute atomic E-state index is 12.6. The molecule has 3 aromatic rings. The molecule has 0 bridgehead atoms. The van der Waals surface area contributed by atoms with Crippen LogP contribution in [0.25, 0.3) is 22.1 Å². The van der Waals surface area contributed by atoms with Crippen molar-refractivity contribution >= 4 is 22.1 Å². The van der Waals surface area contributed by atoms with Crippen molar-refractivity contribution in [3.05, 3.63) is 52.9 Å². The monoisotopic (exact) mass is 343 g/mol. The minimum atomic E-state index is -1.37. The summed E-state index contributed by atoms with van der Waals surface area (Å²) >= 11 is 0. The van der Waals surface area contributed by atoms with Crippen LogP contribution >= 0.6 is 0 Å². The van der Waals surface area contributed by atoms with E-state index >= 15 is 0 Å². The second-order valence-corrected chi connectivity index (χ2v) is 6.33. The lowest BCUT2D eigenvalue weighted by Crippen LogP contribution is -2.32. The predicted octanol–water partition coefficient (Wildman–Crippen LogP) is 0.607. The maximum atomic E-state index is 12.6. The number of hydrogen-bond acceptors (Lipinski definition) is 5. The lowest BCUT2D eigenvalue weighted by molar-refractivity contribution is -0.432. The molecule has 1 fully saturated rings. The number of aliphatic hydroxyl groups is 3. The van der Waals surface area contributed by atoms with E-state index in [0.717, 1.165) is 21.0 Å². The lowest BCUT2D eigenvalue weighted by Gasteiger charge is -2.14. The van der Waals surface area contributed by atoms with Crippen molar-refractivity contribution in [2.45, 2.75) is 37.4 Å². The fourth-order valence-electron chi connectivity index (χ4n) is 3.39. The molecule has 1 aliphatic heterocycles. The van der Waals surface area contributed by atoms with Crippen molar-refractivity contribution in [1.82, 2.24) is 4.98 Å². The molecule has 4 unspecified atom stereocenters. The molecule has 25 heavy (non-hydrogen) atoms. The molecule has 1 aromatic heterocycles. The highest BCUT2D eigenvalue weighted by Crippen LogP contribution is 2.25. The molecular formula is C18H19N2O5+. The van der Waals surface area contributed by atoms with Gasteiger partial charge in [-0.25, -0.2) is 0 Å². The van der Waals surface area contributed by atoms with Gasteiger partial charge >= 0.3 is 0 Å². The van der Waals surface area contributed by atoms with Crippen LogP contribution in [0.1, 0.15) is 12.0 Å². The highest BCUT2D eigenvalue weighted by atomic mass is 16.6. The average molecular weight is 343 g/mol. The fourth-order valence-corrected chi connectivity index (χ4v) is 3.39. The Bertz CT molecular complexity index is 986. The Hall–Kier alpha value is -2.32. The minimum absolute atomic E-state index is 0.411. The third-order valence-electron chi connectivity index (χ3n) is 4.77. The van der Waals surface area contributed by atoms with E-state index < -0.39 is 24.6 Å². The van der Waals surface area contributed by atoms with Crippen molar-refractivity contribution in [2.24, 2.45) is 0 Å². The third kappa shape index (κ3) is 2.71. The van der Waals surface area contributed by atoms with E-state index in [-0.39, 0.29) is 0 Å². The molecule has 4 N–H and O–H groups in total. The zero-order valence-electron chi connectivity index (χ0n) is 13.4. The van der Waals surface area contributed by atoms with E-state index in [2.05, 4.69) is 4.98 Å². The SMILES string of the molecule is O=[n+]1c2ccccc2[nH]c2c(CCC3OC(O)C(O)C3O)cccc21. The number of rotatable bonds is 3. The van der Waals surface area contributed by atoms with Crippen LogP contribution in [-0.2, 0) is 11.2 Å². The Morgan fingerprint density at radius 3 is 2.52 bits per heavy atom. The van der Waals surface area contributed by atoms with Crippen molar-refractivity contribution in [2.75, 3.05) is 0 Å². The summed E-state index contributed by atoms with van der Waals surface area (Å²) in [5.41, 5.74) is 3.46. The van der Waals surface area contributed by atoms with Crippen LogP contribution in [0, 0.1) is 4.91 Å². The Balaban J connectivity index is 1.70. The van der Waals surface area contributed by atoms with Crippen LogP contribution in [-0.4, -0.2) is 44.9 Å². The van der Waals surface area contributed by atoms with Gasteiger partial charge in [0.1, 0.15) is 23.2 Å². The summed E-state index contributed by atoms with van der Waals surface area (Å²) in [5, 5.41) is 29.0. The van der Waals surface area contributed by atoms with E-state index in [1.54, 1.807) is 12.1 Å². The number of nitrogens with one attached hydrogen (secondary N) is 1. The number of aliphatic hydroxyl groups excluding tert-OH is 3. The van der Waals surface area contributed by atoms with E-state index in [1.165, 1.54) is 0 Å². The van der Waals surface area contributed by atoms with Crippen LogP contribution in [0.5, 0.6) is 0 Å². The van der Waals surface area contributed by atoms with Crippen LogP contribution in [0.2, 0.25) is 0 Å². The molecule has 0 aliphatic carbocycles. The molecular weight excluding hydrogens is 324 g/mol.